The molecule has 1 heterocycles. The first-order valence-corrected chi connectivity index (χ1v) is 5.09. The zero-order valence-corrected chi connectivity index (χ0v) is 8.75. The topological polar surface area (TPSA) is 64.7 Å². The van der Waals surface area contributed by atoms with Gasteiger partial charge in [-0.25, -0.2) is 4.98 Å². The van der Waals surface area contributed by atoms with Gasteiger partial charge in [0, 0.05) is 5.41 Å². The van der Waals surface area contributed by atoms with E-state index in [2.05, 4.69) is 21.9 Å². The van der Waals surface area contributed by atoms with Crippen molar-refractivity contribution in [3.05, 3.63) is 11.6 Å². The van der Waals surface area contributed by atoms with E-state index in [1.165, 1.54) is 12.8 Å². The summed E-state index contributed by atoms with van der Waals surface area (Å²) in [4.78, 5) is 12.6. The average molecular weight is 192 g/mol. The van der Waals surface area contributed by atoms with Crippen LogP contribution in [0.25, 0.3) is 0 Å². The second kappa shape index (κ2) is 3.19. The molecular weight excluding hydrogens is 176 g/mol. The number of hydrogen-bond acceptors (Lipinski definition) is 4. The van der Waals surface area contributed by atoms with Gasteiger partial charge in [0.2, 0.25) is 5.95 Å². The molecule has 1 aliphatic carbocycles. The van der Waals surface area contributed by atoms with E-state index in [9.17, 15) is 0 Å². The predicted octanol–water partition coefficient (Wildman–Crippen LogP) is 1.59. The van der Waals surface area contributed by atoms with Crippen LogP contribution < -0.4 is 5.73 Å². The molecule has 0 atom stereocenters. The largest absolute Gasteiger partial charge is 0.368 e. The van der Waals surface area contributed by atoms with Crippen molar-refractivity contribution >= 4 is 5.95 Å². The van der Waals surface area contributed by atoms with Crippen LogP contribution >= 0.6 is 0 Å². The predicted molar refractivity (Wildman–Crippen MR) is 54.8 cm³/mol. The van der Waals surface area contributed by atoms with E-state index in [1.807, 2.05) is 6.92 Å². The molecule has 0 saturated heterocycles. The van der Waals surface area contributed by atoms with Crippen LogP contribution in [0.4, 0.5) is 5.95 Å². The third kappa shape index (κ3) is 1.56. The number of anilines is 1. The lowest BCUT2D eigenvalue weighted by molar-refractivity contribution is 0.455. The molecule has 14 heavy (non-hydrogen) atoms. The van der Waals surface area contributed by atoms with Gasteiger partial charge in [0.15, 0.2) is 0 Å². The molecule has 2 rings (SSSR count). The van der Waals surface area contributed by atoms with Crippen molar-refractivity contribution in [2.45, 2.75) is 44.9 Å². The van der Waals surface area contributed by atoms with Crippen LogP contribution in [0.5, 0.6) is 0 Å². The molecule has 4 heteroatoms. The summed E-state index contributed by atoms with van der Waals surface area (Å²) in [6, 6.07) is 0. The summed E-state index contributed by atoms with van der Waals surface area (Å²) in [5.41, 5.74) is 5.75. The maximum atomic E-state index is 5.62. The van der Waals surface area contributed by atoms with Gasteiger partial charge in [0.05, 0.1) is 0 Å². The molecular formula is C10H16N4. The molecule has 1 aromatic rings. The van der Waals surface area contributed by atoms with Gasteiger partial charge < -0.3 is 5.73 Å². The molecule has 0 spiro atoms. The number of aromatic nitrogens is 3. The SMILES string of the molecule is Cc1nc(N)nc(C2(C)CCCC2)n1. The van der Waals surface area contributed by atoms with Crippen LogP contribution in [0.2, 0.25) is 0 Å². The quantitative estimate of drug-likeness (QED) is 0.734. The van der Waals surface area contributed by atoms with E-state index >= 15 is 0 Å². The van der Waals surface area contributed by atoms with Crippen LogP contribution in [0, 0.1) is 6.92 Å². The van der Waals surface area contributed by atoms with Crippen molar-refractivity contribution in [3.63, 3.8) is 0 Å². The second-order valence-electron chi connectivity index (χ2n) is 4.33. The van der Waals surface area contributed by atoms with Crippen molar-refractivity contribution in [1.82, 2.24) is 15.0 Å². The van der Waals surface area contributed by atoms with E-state index in [0.717, 1.165) is 24.5 Å². The standard InChI is InChI=1S/C10H16N4/c1-7-12-8(14-9(11)13-7)10(2)5-3-4-6-10/h3-6H2,1-2H3,(H2,11,12,13,14). The van der Waals surface area contributed by atoms with Crippen LogP contribution in [-0.4, -0.2) is 15.0 Å². The Hall–Kier alpha value is -1.19. The van der Waals surface area contributed by atoms with Crippen molar-refractivity contribution in [1.29, 1.82) is 0 Å². The van der Waals surface area contributed by atoms with Crippen LogP contribution in [0.3, 0.4) is 0 Å². The molecule has 1 saturated carbocycles. The van der Waals surface area contributed by atoms with E-state index in [-0.39, 0.29) is 5.41 Å². The lowest BCUT2D eigenvalue weighted by atomic mass is 9.88. The second-order valence-corrected chi connectivity index (χ2v) is 4.33. The van der Waals surface area contributed by atoms with E-state index in [4.69, 9.17) is 5.73 Å². The summed E-state index contributed by atoms with van der Waals surface area (Å²) in [7, 11) is 0. The highest BCUT2D eigenvalue weighted by Gasteiger charge is 2.33. The fourth-order valence-electron chi connectivity index (χ4n) is 2.15. The highest BCUT2D eigenvalue weighted by atomic mass is 15.1. The van der Waals surface area contributed by atoms with Crippen molar-refractivity contribution in [2.75, 3.05) is 5.73 Å². The Balaban J connectivity index is 2.40. The van der Waals surface area contributed by atoms with E-state index in [1.54, 1.807) is 0 Å². The monoisotopic (exact) mass is 192 g/mol. The maximum Gasteiger partial charge on any atom is 0.223 e. The molecule has 1 aliphatic rings. The lowest BCUT2D eigenvalue weighted by Gasteiger charge is -2.21. The van der Waals surface area contributed by atoms with Gasteiger partial charge in [0.25, 0.3) is 0 Å². The summed E-state index contributed by atoms with van der Waals surface area (Å²) in [6.45, 7) is 4.08. The Morgan fingerprint density at radius 3 is 2.36 bits per heavy atom. The molecule has 2 N–H and O–H groups in total. The van der Waals surface area contributed by atoms with Gasteiger partial charge in [-0.3, -0.25) is 0 Å². The number of rotatable bonds is 1. The number of nitrogens with two attached hydrogens (primary N) is 1. The van der Waals surface area contributed by atoms with Crippen molar-refractivity contribution in [2.24, 2.45) is 0 Å². The molecule has 0 aromatic carbocycles. The Bertz CT molecular complexity index is 322. The van der Waals surface area contributed by atoms with Gasteiger partial charge >= 0.3 is 0 Å². The van der Waals surface area contributed by atoms with Crippen LogP contribution in [0.15, 0.2) is 0 Å². The molecule has 1 aromatic heterocycles. The molecule has 0 aliphatic heterocycles. The third-order valence-electron chi connectivity index (χ3n) is 3.01. The molecule has 0 unspecified atom stereocenters. The zero-order chi connectivity index (χ0) is 10.2. The normalized spacial score (nSPS) is 19.9. The highest BCUT2D eigenvalue weighted by molar-refractivity contribution is 5.20. The minimum atomic E-state index is 0.127. The zero-order valence-electron chi connectivity index (χ0n) is 8.75. The summed E-state index contributed by atoms with van der Waals surface area (Å²) in [5, 5.41) is 0. The van der Waals surface area contributed by atoms with Gasteiger partial charge in [0.1, 0.15) is 11.6 Å². The molecule has 76 valence electrons. The fourth-order valence-corrected chi connectivity index (χ4v) is 2.15. The summed E-state index contributed by atoms with van der Waals surface area (Å²) >= 11 is 0. The third-order valence-corrected chi connectivity index (χ3v) is 3.01. The summed E-state index contributed by atoms with van der Waals surface area (Å²) in [5.74, 6) is 1.95. The Labute approximate surface area is 84.0 Å². The minimum Gasteiger partial charge on any atom is -0.368 e. The van der Waals surface area contributed by atoms with Crippen LogP contribution in [-0.2, 0) is 5.41 Å². The number of nitrogens with zero attached hydrogens (tertiary/aromatic N) is 3. The van der Waals surface area contributed by atoms with Crippen molar-refractivity contribution < 1.29 is 0 Å². The number of nitrogen functional groups attached to an aromatic ring is 1. The summed E-state index contributed by atoms with van der Waals surface area (Å²) in [6.07, 6.45) is 4.86. The highest BCUT2D eigenvalue weighted by Crippen LogP contribution is 2.38. The fraction of sp³-hybridized carbons (Fsp3) is 0.700. The first kappa shape index (κ1) is 9.37. The molecule has 0 bridgehead atoms. The Kier molecular flexibility index (Phi) is 2.13. The van der Waals surface area contributed by atoms with E-state index in [0.29, 0.717) is 5.95 Å². The Morgan fingerprint density at radius 1 is 1.14 bits per heavy atom. The van der Waals surface area contributed by atoms with Gasteiger partial charge in [-0.05, 0) is 19.8 Å². The van der Waals surface area contributed by atoms with Gasteiger partial charge in [-0.15, -0.1) is 0 Å². The smallest absolute Gasteiger partial charge is 0.223 e. The maximum absolute atomic E-state index is 5.62. The first-order chi connectivity index (χ1) is 6.60. The first-order valence-electron chi connectivity index (χ1n) is 5.09. The molecule has 0 radical (unpaired) electrons. The van der Waals surface area contributed by atoms with Crippen LogP contribution in [0.1, 0.15) is 44.3 Å². The van der Waals surface area contributed by atoms with E-state index < -0.39 is 0 Å². The van der Waals surface area contributed by atoms with Crippen molar-refractivity contribution in [3.8, 4) is 0 Å². The van der Waals surface area contributed by atoms with Gasteiger partial charge in [-0.1, -0.05) is 19.8 Å². The average Bonchev–Trinajstić information content (AvgIpc) is 2.52. The number of aryl methyl sites for hydroxylation is 1. The molecule has 4 nitrogen and oxygen atoms in total. The lowest BCUT2D eigenvalue weighted by Crippen LogP contribution is -2.22. The van der Waals surface area contributed by atoms with Gasteiger partial charge in [-0.2, -0.15) is 9.97 Å². The summed E-state index contributed by atoms with van der Waals surface area (Å²) < 4.78 is 0. The Morgan fingerprint density at radius 2 is 1.79 bits per heavy atom. The minimum absolute atomic E-state index is 0.127. The molecule has 0 amide bonds. The number of hydrogen-bond donors (Lipinski definition) is 1. The molecule has 1 fully saturated rings.